The van der Waals surface area contributed by atoms with Crippen molar-refractivity contribution in [2.75, 3.05) is 43.4 Å². The third-order valence-corrected chi connectivity index (χ3v) is 10.1. The van der Waals surface area contributed by atoms with Crippen LogP contribution < -0.4 is 21.1 Å². The molecule has 1 unspecified atom stereocenters. The summed E-state index contributed by atoms with van der Waals surface area (Å²) < 4.78 is 52.0. The van der Waals surface area contributed by atoms with Crippen LogP contribution >= 0.6 is 22.9 Å². The molecule has 3 saturated heterocycles. The normalized spacial score (nSPS) is 24.9. The van der Waals surface area contributed by atoms with E-state index < -0.39 is 23.3 Å². The van der Waals surface area contributed by atoms with E-state index in [1.807, 2.05) is 0 Å². The average molecular weight is 618 g/mol. The Bertz CT molecular complexity index is 1690. The van der Waals surface area contributed by atoms with Crippen molar-refractivity contribution in [3.63, 3.8) is 0 Å². The Balaban J connectivity index is 1.36. The zero-order chi connectivity index (χ0) is 29.2. The SMILES string of the molecule is Nc1nc2c(-c3c(Cl)cc4c(N5CCCC(N)CC5)nc(OC[C@@]56CCCN5C[C@H](F)C6)nc4c3F)ccc(F)c2s1. The molecule has 7 rings (SSSR count). The first kappa shape index (κ1) is 27.9. The summed E-state index contributed by atoms with van der Waals surface area (Å²) in [4.78, 5) is 17.8. The van der Waals surface area contributed by atoms with Crippen molar-refractivity contribution >= 4 is 55.0 Å². The van der Waals surface area contributed by atoms with Gasteiger partial charge in [0, 0.05) is 48.6 Å². The van der Waals surface area contributed by atoms with Crippen LogP contribution in [0, 0.1) is 11.6 Å². The molecule has 3 atom stereocenters. The van der Waals surface area contributed by atoms with Crippen LogP contribution in [0.3, 0.4) is 0 Å². The molecule has 4 aromatic rings. The molecular formula is C29H31ClF3N7OS. The fraction of sp³-hybridized carbons (Fsp3) is 0.483. The van der Waals surface area contributed by atoms with E-state index >= 15 is 4.39 Å². The van der Waals surface area contributed by atoms with Crippen LogP contribution in [0.1, 0.15) is 38.5 Å². The Hall–Kier alpha value is -2.93. The molecule has 3 fully saturated rings. The lowest BCUT2D eigenvalue weighted by Gasteiger charge is -2.31. The monoisotopic (exact) mass is 617 g/mol. The van der Waals surface area contributed by atoms with Crippen molar-refractivity contribution in [3.8, 4) is 17.1 Å². The van der Waals surface area contributed by atoms with Gasteiger partial charge < -0.3 is 21.1 Å². The van der Waals surface area contributed by atoms with Crippen molar-refractivity contribution in [3.05, 3.63) is 34.9 Å². The molecule has 0 amide bonds. The summed E-state index contributed by atoms with van der Waals surface area (Å²) in [6.07, 6.45) is 3.76. The maximum Gasteiger partial charge on any atom is 0.319 e. The van der Waals surface area contributed by atoms with Gasteiger partial charge in [0.05, 0.1) is 20.8 Å². The van der Waals surface area contributed by atoms with E-state index in [1.165, 1.54) is 12.1 Å². The number of ether oxygens (including phenoxy) is 1. The molecule has 2 aromatic heterocycles. The van der Waals surface area contributed by atoms with Gasteiger partial charge in [-0.25, -0.2) is 18.2 Å². The predicted octanol–water partition coefficient (Wildman–Crippen LogP) is 5.69. The van der Waals surface area contributed by atoms with Crippen LogP contribution in [0.25, 0.3) is 32.2 Å². The molecular weight excluding hydrogens is 587 g/mol. The van der Waals surface area contributed by atoms with Crippen LogP contribution in [-0.2, 0) is 0 Å². The summed E-state index contributed by atoms with van der Waals surface area (Å²) in [5.74, 6) is -0.681. The van der Waals surface area contributed by atoms with Crippen molar-refractivity contribution in [1.29, 1.82) is 0 Å². The van der Waals surface area contributed by atoms with Crippen molar-refractivity contribution < 1.29 is 17.9 Å². The third-order valence-electron chi connectivity index (χ3n) is 8.93. The molecule has 0 aliphatic carbocycles. The number of aromatic nitrogens is 3. The van der Waals surface area contributed by atoms with Gasteiger partial charge >= 0.3 is 6.01 Å². The number of thiazole rings is 1. The number of nitrogen functional groups attached to an aromatic ring is 1. The number of fused-ring (bicyclic) bond motifs is 3. The third kappa shape index (κ3) is 4.72. The highest BCUT2D eigenvalue weighted by molar-refractivity contribution is 7.22. The van der Waals surface area contributed by atoms with Crippen LogP contribution in [0.5, 0.6) is 6.01 Å². The lowest BCUT2D eigenvalue weighted by atomic mass is 9.95. The first-order chi connectivity index (χ1) is 20.2. The molecule has 0 spiro atoms. The molecule has 8 nitrogen and oxygen atoms in total. The minimum Gasteiger partial charge on any atom is -0.461 e. The van der Waals surface area contributed by atoms with E-state index in [4.69, 9.17) is 32.8 Å². The van der Waals surface area contributed by atoms with E-state index in [0.717, 1.165) is 50.0 Å². The van der Waals surface area contributed by atoms with Crippen LogP contribution in [0.2, 0.25) is 5.02 Å². The molecule has 0 radical (unpaired) electrons. The van der Waals surface area contributed by atoms with E-state index in [-0.39, 0.29) is 50.1 Å². The van der Waals surface area contributed by atoms with Crippen LogP contribution in [-0.4, -0.2) is 70.4 Å². The number of nitrogens with two attached hydrogens (primary N) is 2. The minimum atomic E-state index is -0.905. The standard InChI is InChI=1S/C29H31ClF3N7OS/c30-19-11-18-23(22(33)21(19)17-4-5-20(32)25-24(17)36-27(35)42-25)37-28(38-26(18)39-8-1-3-16(34)6-10-39)41-14-29-7-2-9-40(29)13-15(31)12-29/h4-5,11,15-16H,1-3,6-10,12-14,34H2,(H2,35,36)/t15-,16?,29+/m1/s1. The van der Waals surface area contributed by atoms with Crippen molar-refractivity contribution in [2.24, 2.45) is 5.73 Å². The highest BCUT2D eigenvalue weighted by atomic mass is 35.5. The topological polar surface area (TPSA) is 106 Å². The largest absolute Gasteiger partial charge is 0.461 e. The van der Waals surface area contributed by atoms with Gasteiger partial charge in [-0.05, 0) is 56.8 Å². The molecule has 13 heteroatoms. The molecule has 0 saturated carbocycles. The van der Waals surface area contributed by atoms with Gasteiger partial charge in [0.2, 0.25) is 0 Å². The zero-order valence-corrected chi connectivity index (χ0v) is 24.5. The average Bonchev–Trinajstić information content (AvgIpc) is 3.57. The lowest BCUT2D eigenvalue weighted by molar-refractivity contribution is 0.107. The summed E-state index contributed by atoms with van der Waals surface area (Å²) >= 11 is 7.75. The van der Waals surface area contributed by atoms with Crippen molar-refractivity contribution in [1.82, 2.24) is 19.9 Å². The van der Waals surface area contributed by atoms with E-state index in [9.17, 15) is 8.78 Å². The number of alkyl halides is 1. The molecule has 222 valence electrons. The number of halogens is 4. The second-order valence-corrected chi connectivity index (χ2v) is 13.1. The number of anilines is 2. The lowest BCUT2D eigenvalue weighted by Crippen LogP contribution is -2.43. The molecule has 3 aliphatic rings. The summed E-state index contributed by atoms with van der Waals surface area (Å²) in [7, 11) is 0. The van der Waals surface area contributed by atoms with Gasteiger partial charge in [-0.1, -0.05) is 22.9 Å². The van der Waals surface area contributed by atoms with Gasteiger partial charge in [0.25, 0.3) is 0 Å². The Morgan fingerprint density at radius 2 is 1.95 bits per heavy atom. The Kier molecular flexibility index (Phi) is 7.07. The van der Waals surface area contributed by atoms with Gasteiger partial charge in [-0.2, -0.15) is 9.97 Å². The van der Waals surface area contributed by atoms with E-state index in [2.05, 4.69) is 19.8 Å². The number of hydrogen-bond acceptors (Lipinski definition) is 9. The Morgan fingerprint density at radius 3 is 2.81 bits per heavy atom. The molecule has 42 heavy (non-hydrogen) atoms. The molecule has 0 bridgehead atoms. The quantitative estimate of drug-likeness (QED) is 0.294. The Morgan fingerprint density at radius 1 is 1.10 bits per heavy atom. The zero-order valence-electron chi connectivity index (χ0n) is 22.9. The van der Waals surface area contributed by atoms with E-state index in [0.29, 0.717) is 42.8 Å². The Labute approximate surface area is 249 Å². The molecule has 4 N–H and O–H groups in total. The summed E-state index contributed by atoms with van der Waals surface area (Å²) in [5.41, 5.74) is 12.3. The first-order valence-corrected chi connectivity index (χ1v) is 15.5. The van der Waals surface area contributed by atoms with Crippen LogP contribution in [0.4, 0.5) is 24.1 Å². The first-order valence-electron chi connectivity index (χ1n) is 14.3. The number of hydrogen-bond donors (Lipinski definition) is 2. The van der Waals surface area contributed by atoms with Gasteiger partial charge in [0.1, 0.15) is 29.9 Å². The predicted molar refractivity (Wildman–Crippen MR) is 160 cm³/mol. The van der Waals surface area contributed by atoms with Crippen LogP contribution in [0.15, 0.2) is 18.2 Å². The van der Waals surface area contributed by atoms with E-state index in [1.54, 1.807) is 6.07 Å². The fourth-order valence-corrected chi connectivity index (χ4v) is 7.95. The number of rotatable bonds is 5. The molecule has 5 heterocycles. The minimum absolute atomic E-state index is 0.0175. The summed E-state index contributed by atoms with van der Waals surface area (Å²) in [6, 6.07) is 4.43. The number of benzene rings is 2. The highest BCUT2D eigenvalue weighted by Crippen LogP contribution is 2.44. The van der Waals surface area contributed by atoms with Gasteiger partial charge in [0.15, 0.2) is 10.9 Å². The second-order valence-electron chi connectivity index (χ2n) is 11.6. The fourth-order valence-electron chi connectivity index (χ4n) is 6.89. The number of nitrogens with zero attached hydrogens (tertiary/aromatic N) is 5. The molecule has 2 aromatic carbocycles. The summed E-state index contributed by atoms with van der Waals surface area (Å²) in [5, 5.41) is 0.714. The maximum absolute atomic E-state index is 16.7. The van der Waals surface area contributed by atoms with Gasteiger partial charge in [-0.3, -0.25) is 4.90 Å². The summed E-state index contributed by atoms with van der Waals surface area (Å²) in [6.45, 7) is 2.74. The smallest absolute Gasteiger partial charge is 0.319 e. The highest BCUT2D eigenvalue weighted by Gasteiger charge is 2.49. The second kappa shape index (κ2) is 10.7. The van der Waals surface area contributed by atoms with Crippen molar-refractivity contribution in [2.45, 2.75) is 56.3 Å². The van der Waals surface area contributed by atoms with Gasteiger partial charge in [-0.15, -0.1) is 0 Å². The molecule has 3 aliphatic heterocycles. The maximum atomic E-state index is 16.7.